The molecule has 2 N–H and O–H groups in total. The Labute approximate surface area is 93.3 Å². The largest absolute Gasteiger partial charge is 0.326 e. The van der Waals surface area contributed by atoms with Crippen LogP contribution in [0.2, 0.25) is 0 Å². The average Bonchev–Trinajstić information content (AvgIpc) is 2.32. The van der Waals surface area contributed by atoms with Crippen LogP contribution in [0, 0.1) is 0 Å². The Kier molecular flexibility index (Phi) is 2.79. The molecule has 1 aromatic carbocycles. The van der Waals surface area contributed by atoms with E-state index in [1.165, 1.54) is 18.2 Å². The van der Waals surface area contributed by atoms with E-state index < -0.39 is 0 Å². The Morgan fingerprint density at radius 3 is 2.69 bits per heavy atom. The highest BCUT2D eigenvalue weighted by Crippen LogP contribution is 2.20. The predicted octanol–water partition coefficient (Wildman–Crippen LogP) is 1.24. The van der Waals surface area contributed by atoms with Crippen LogP contribution in [-0.2, 0) is 16.1 Å². The number of benzene rings is 1. The predicted molar refractivity (Wildman–Crippen MR) is 61.5 cm³/mol. The molecule has 0 heterocycles. The van der Waals surface area contributed by atoms with E-state index in [1.54, 1.807) is 6.07 Å². The van der Waals surface area contributed by atoms with Crippen molar-refractivity contribution < 1.29 is 9.59 Å². The molecule has 80 valence electrons. The van der Waals surface area contributed by atoms with Crippen LogP contribution in [0.1, 0.15) is 11.1 Å². The molecule has 0 bridgehead atoms. The monoisotopic (exact) mass is 213 g/mol. The fraction of sp³-hybridized carbons (Fsp3) is 0.0769. The average molecular weight is 213 g/mol. The molecule has 0 aromatic heterocycles. The molecule has 3 heteroatoms. The van der Waals surface area contributed by atoms with Crippen molar-refractivity contribution in [1.82, 2.24) is 0 Å². The molecular formula is C13H11NO2. The molecular weight excluding hydrogens is 202 g/mol. The first-order chi connectivity index (χ1) is 7.70. The molecule has 0 spiro atoms. The Morgan fingerprint density at radius 1 is 1.12 bits per heavy atom. The first kappa shape index (κ1) is 10.5. The molecule has 0 radical (unpaired) electrons. The fourth-order valence-corrected chi connectivity index (χ4v) is 1.60. The second-order valence-electron chi connectivity index (χ2n) is 3.56. The first-order valence-electron chi connectivity index (χ1n) is 4.98. The lowest BCUT2D eigenvalue weighted by Gasteiger charge is -2.08. The number of ketones is 2. The molecule has 0 fully saturated rings. The van der Waals surface area contributed by atoms with Gasteiger partial charge in [-0.1, -0.05) is 18.2 Å². The zero-order chi connectivity index (χ0) is 11.5. The lowest BCUT2D eigenvalue weighted by atomic mass is 9.95. The minimum Gasteiger partial charge on any atom is -0.326 e. The topological polar surface area (TPSA) is 60.2 Å². The number of rotatable bonds is 2. The second-order valence-corrected chi connectivity index (χ2v) is 3.56. The van der Waals surface area contributed by atoms with Crippen LogP contribution >= 0.6 is 0 Å². The summed E-state index contributed by atoms with van der Waals surface area (Å²) in [4.78, 5) is 22.8. The van der Waals surface area contributed by atoms with Crippen molar-refractivity contribution in [3.8, 4) is 0 Å². The summed E-state index contributed by atoms with van der Waals surface area (Å²) >= 11 is 0. The molecule has 1 aliphatic carbocycles. The van der Waals surface area contributed by atoms with Gasteiger partial charge >= 0.3 is 0 Å². The Balaban J connectivity index is 2.43. The van der Waals surface area contributed by atoms with Gasteiger partial charge in [0.25, 0.3) is 0 Å². The van der Waals surface area contributed by atoms with E-state index in [4.69, 9.17) is 5.73 Å². The van der Waals surface area contributed by atoms with Gasteiger partial charge in [-0.15, -0.1) is 0 Å². The maximum Gasteiger partial charge on any atom is 0.186 e. The molecule has 3 nitrogen and oxygen atoms in total. The molecule has 0 saturated carbocycles. The zero-order valence-electron chi connectivity index (χ0n) is 8.64. The highest BCUT2D eigenvalue weighted by molar-refractivity contribution is 6.33. The standard InChI is InChI=1S/C13H11NO2/c14-8-9-2-1-3-10(6-9)12-7-11(15)4-5-13(12)16/h1-7H,8,14H2. The third kappa shape index (κ3) is 1.99. The number of allylic oxidation sites excluding steroid dienone is 4. The SMILES string of the molecule is NCc1cccc(C2=CC(=O)C=CC2=O)c1. The summed E-state index contributed by atoms with van der Waals surface area (Å²) in [5.41, 5.74) is 7.64. The summed E-state index contributed by atoms with van der Waals surface area (Å²) < 4.78 is 0. The molecule has 1 aliphatic rings. The lowest BCUT2D eigenvalue weighted by molar-refractivity contribution is -0.113. The third-order valence-corrected chi connectivity index (χ3v) is 2.42. The Bertz CT molecular complexity index is 512. The van der Waals surface area contributed by atoms with Gasteiger partial charge in [0.15, 0.2) is 11.6 Å². The van der Waals surface area contributed by atoms with Crippen molar-refractivity contribution in [1.29, 1.82) is 0 Å². The molecule has 0 saturated heterocycles. The highest BCUT2D eigenvalue weighted by atomic mass is 16.1. The Hall–Kier alpha value is -2.00. The van der Waals surface area contributed by atoms with Gasteiger partial charge in [-0.2, -0.15) is 0 Å². The van der Waals surface area contributed by atoms with E-state index >= 15 is 0 Å². The van der Waals surface area contributed by atoms with E-state index in [2.05, 4.69) is 0 Å². The molecule has 0 atom stereocenters. The number of hydrogen-bond donors (Lipinski definition) is 1. The minimum absolute atomic E-state index is 0.145. The summed E-state index contributed by atoms with van der Waals surface area (Å²) in [5.74, 6) is -0.304. The van der Waals surface area contributed by atoms with Gasteiger partial charge in [-0.3, -0.25) is 9.59 Å². The van der Waals surface area contributed by atoms with Crippen LogP contribution in [0.5, 0.6) is 0 Å². The van der Waals surface area contributed by atoms with E-state index in [9.17, 15) is 9.59 Å². The normalized spacial score (nSPS) is 15.2. The van der Waals surface area contributed by atoms with Crippen LogP contribution in [0.25, 0.3) is 5.57 Å². The van der Waals surface area contributed by atoms with Crippen LogP contribution in [0.4, 0.5) is 0 Å². The first-order valence-corrected chi connectivity index (χ1v) is 4.98. The number of carbonyl (C=O) groups is 2. The van der Waals surface area contributed by atoms with E-state index in [1.807, 2.05) is 18.2 Å². The van der Waals surface area contributed by atoms with Crippen molar-refractivity contribution >= 4 is 17.1 Å². The molecule has 16 heavy (non-hydrogen) atoms. The number of nitrogens with two attached hydrogens (primary N) is 1. The molecule has 0 amide bonds. The van der Waals surface area contributed by atoms with E-state index in [0.717, 1.165) is 11.1 Å². The highest BCUT2D eigenvalue weighted by Gasteiger charge is 2.14. The molecule has 1 aromatic rings. The fourth-order valence-electron chi connectivity index (χ4n) is 1.60. The van der Waals surface area contributed by atoms with Crippen LogP contribution in [0.15, 0.2) is 42.5 Å². The van der Waals surface area contributed by atoms with Crippen molar-refractivity contribution in [2.45, 2.75) is 6.54 Å². The van der Waals surface area contributed by atoms with Crippen LogP contribution in [-0.4, -0.2) is 11.6 Å². The summed E-state index contributed by atoms with van der Waals surface area (Å²) in [7, 11) is 0. The third-order valence-electron chi connectivity index (χ3n) is 2.42. The number of hydrogen-bond acceptors (Lipinski definition) is 3. The quantitative estimate of drug-likeness (QED) is 0.752. The van der Waals surface area contributed by atoms with Gasteiger partial charge in [-0.25, -0.2) is 0 Å². The second kappa shape index (κ2) is 4.24. The smallest absolute Gasteiger partial charge is 0.186 e. The van der Waals surface area contributed by atoms with Crippen molar-refractivity contribution in [3.05, 3.63) is 53.6 Å². The lowest BCUT2D eigenvalue weighted by Crippen LogP contribution is -2.07. The summed E-state index contributed by atoms with van der Waals surface area (Å²) in [6, 6.07) is 7.34. The van der Waals surface area contributed by atoms with Gasteiger partial charge in [0.1, 0.15) is 0 Å². The van der Waals surface area contributed by atoms with Gasteiger partial charge < -0.3 is 5.73 Å². The van der Waals surface area contributed by atoms with E-state index in [-0.39, 0.29) is 11.6 Å². The van der Waals surface area contributed by atoms with Crippen LogP contribution < -0.4 is 5.73 Å². The molecule has 0 unspecified atom stereocenters. The zero-order valence-corrected chi connectivity index (χ0v) is 8.64. The van der Waals surface area contributed by atoms with Crippen molar-refractivity contribution in [3.63, 3.8) is 0 Å². The maximum atomic E-state index is 11.6. The molecule has 2 rings (SSSR count). The van der Waals surface area contributed by atoms with Gasteiger partial charge in [0.2, 0.25) is 0 Å². The maximum absolute atomic E-state index is 11.6. The minimum atomic E-state index is -0.159. The molecule has 0 aliphatic heterocycles. The van der Waals surface area contributed by atoms with Crippen LogP contribution in [0.3, 0.4) is 0 Å². The summed E-state index contributed by atoms with van der Waals surface area (Å²) in [6.07, 6.45) is 3.93. The van der Waals surface area contributed by atoms with Crippen molar-refractivity contribution in [2.24, 2.45) is 5.73 Å². The number of carbonyl (C=O) groups excluding carboxylic acids is 2. The van der Waals surface area contributed by atoms with Gasteiger partial charge in [-0.05, 0) is 35.4 Å². The van der Waals surface area contributed by atoms with Gasteiger partial charge in [0, 0.05) is 12.1 Å². The Morgan fingerprint density at radius 2 is 1.94 bits per heavy atom. The summed E-state index contributed by atoms with van der Waals surface area (Å²) in [5, 5.41) is 0. The van der Waals surface area contributed by atoms with Gasteiger partial charge in [0.05, 0.1) is 0 Å². The van der Waals surface area contributed by atoms with Crippen molar-refractivity contribution in [2.75, 3.05) is 0 Å². The summed E-state index contributed by atoms with van der Waals surface area (Å²) in [6.45, 7) is 0.416. The van der Waals surface area contributed by atoms with E-state index in [0.29, 0.717) is 12.1 Å².